The number of fused-ring (bicyclic) bond motifs is 6. The summed E-state index contributed by atoms with van der Waals surface area (Å²) in [6.45, 7) is 0. The molecule has 60 heavy (non-hydrogen) atoms. The maximum atomic E-state index is 5.33. The van der Waals surface area contributed by atoms with E-state index in [2.05, 4.69) is 179 Å². The molecule has 4 saturated carbocycles. The van der Waals surface area contributed by atoms with E-state index in [-0.39, 0.29) is 0 Å². The van der Waals surface area contributed by atoms with Gasteiger partial charge in [0.05, 0.1) is 22.1 Å². The van der Waals surface area contributed by atoms with Gasteiger partial charge in [0.2, 0.25) is 0 Å². The molecule has 4 bridgehead atoms. The number of para-hydroxylation sites is 4. The van der Waals surface area contributed by atoms with Gasteiger partial charge < -0.3 is 9.13 Å². The van der Waals surface area contributed by atoms with E-state index in [0.29, 0.717) is 22.9 Å². The number of benzene rings is 7. The summed E-state index contributed by atoms with van der Waals surface area (Å²) in [5.41, 5.74) is 11.6. The standard InChI is InChI=1S/C55H43N5/c1-3-11-42(12-4-1)59-48-17-9-7-15-44(48)46-25-21-39(30-50(46)59)53-56-52(38-19-23-41(24-20-38)55-32-35-27-36(33-55)29-37(28-35)34-55)57-54(58-53)40-22-26-47-45-16-8-10-18-49(45)60(51(47)31-40)43-13-5-2-6-14-43/h1-26,30-31,35-37H,27-29,32-34H2. The van der Waals surface area contributed by atoms with Gasteiger partial charge in [-0.25, -0.2) is 15.0 Å². The monoisotopic (exact) mass is 773 g/mol. The van der Waals surface area contributed by atoms with Gasteiger partial charge in [-0.1, -0.05) is 121 Å². The van der Waals surface area contributed by atoms with E-state index < -0.39 is 0 Å². The molecule has 3 heterocycles. The number of rotatable bonds is 6. The molecule has 0 N–H and O–H groups in total. The number of nitrogens with zero attached hydrogens (tertiary/aromatic N) is 5. The van der Waals surface area contributed by atoms with Crippen molar-refractivity contribution in [2.24, 2.45) is 17.8 Å². The van der Waals surface area contributed by atoms with Gasteiger partial charge in [0.15, 0.2) is 17.5 Å². The van der Waals surface area contributed by atoms with E-state index in [0.717, 1.165) is 56.9 Å². The summed E-state index contributed by atoms with van der Waals surface area (Å²) in [7, 11) is 0. The molecule has 5 nitrogen and oxygen atoms in total. The molecule has 14 rings (SSSR count). The maximum Gasteiger partial charge on any atom is 0.164 e. The van der Waals surface area contributed by atoms with Crippen LogP contribution in [0.3, 0.4) is 0 Å². The quantitative estimate of drug-likeness (QED) is 0.169. The van der Waals surface area contributed by atoms with E-state index in [4.69, 9.17) is 15.0 Å². The Bertz CT molecular complexity index is 3070. The summed E-state index contributed by atoms with van der Waals surface area (Å²) >= 11 is 0. The van der Waals surface area contributed by atoms with E-state index in [1.165, 1.54) is 76.7 Å². The Hall–Kier alpha value is -6.85. The third-order valence-electron chi connectivity index (χ3n) is 14.3. The molecule has 0 radical (unpaired) electrons. The zero-order chi connectivity index (χ0) is 39.4. The first-order chi connectivity index (χ1) is 29.6. The van der Waals surface area contributed by atoms with Gasteiger partial charge in [-0.05, 0) is 116 Å². The smallest absolute Gasteiger partial charge is 0.164 e. The third-order valence-corrected chi connectivity index (χ3v) is 14.3. The molecule has 4 aliphatic carbocycles. The largest absolute Gasteiger partial charge is 0.309 e. The summed E-state index contributed by atoms with van der Waals surface area (Å²) in [6.07, 6.45) is 8.39. The van der Waals surface area contributed by atoms with E-state index in [1.807, 2.05) is 0 Å². The Morgan fingerprint density at radius 3 is 1.22 bits per heavy atom. The average molecular weight is 774 g/mol. The summed E-state index contributed by atoms with van der Waals surface area (Å²) in [5.74, 6) is 4.73. The van der Waals surface area contributed by atoms with Crippen molar-refractivity contribution in [2.45, 2.75) is 43.9 Å². The Labute approximate surface area is 349 Å². The second-order valence-electron chi connectivity index (χ2n) is 17.9. The lowest BCUT2D eigenvalue weighted by atomic mass is 9.48. The predicted octanol–water partition coefficient (Wildman–Crippen LogP) is 13.5. The van der Waals surface area contributed by atoms with E-state index in [9.17, 15) is 0 Å². The van der Waals surface area contributed by atoms with Crippen LogP contribution >= 0.6 is 0 Å². The topological polar surface area (TPSA) is 48.5 Å². The van der Waals surface area contributed by atoms with E-state index >= 15 is 0 Å². The van der Waals surface area contributed by atoms with Gasteiger partial charge in [0.25, 0.3) is 0 Å². The lowest BCUT2D eigenvalue weighted by molar-refractivity contribution is -0.00518. The van der Waals surface area contributed by atoms with Crippen molar-refractivity contribution in [3.05, 3.63) is 175 Å². The second kappa shape index (κ2) is 13.1. The predicted molar refractivity (Wildman–Crippen MR) is 245 cm³/mol. The van der Waals surface area contributed by atoms with Crippen LogP contribution in [0.1, 0.15) is 44.1 Å². The van der Waals surface area contributed by atoms with Gasteiger partial charge in [-0.3, -0.25) is 0 Å². The molecule has 4 aliphatic rings. The SMILES string of the molecule is c1ccc(-n2c3ccccc3c3ccc(-c4nc(-c5ccc(C67CC8CC(CC(C8)C6)C7)cc5)nc(-c5ccc6c7ccccc7n(-c7ccccc7)c6c5)n4)cc32)cc1. The molecular weight excluding hydrogens is 731 g/mol. The summed E-state index contributed by atoms with van der Waals surface area (Å²) in [4.78, 5) is 15.9. The van der Waals surface area contributed by atoms with Crippen LogP contribution in [0.2, 0.25) is 0 Å². The van der Waals surface area contributed by atoms with Gasteiger partial charge in [-0.2, -0.15) is 0 Å². The van der Waals surface area contributed by atoms with Crippen LogP contribution in [-0.4, -0.2) is 24.1 Å². The van der Waals surface area contributed by atoms with Crippen LogP contribution in [0.25, 0.3) is 89.2 Å². The highest BCUT2D eigenvalue weighted by Gasteiger charge is 2.51. The third kappa shape index (κ3) is 5.28. The second-order valence-corrected chi connectivity index (χ2v) is 17.9. The van der Waals surface area contributed by atoms with Gasteiger partial charge in [0.1, 0.15) is 0 Å². The lowest BCUT2D eigenvalue weighted by Gasteiger charge is -2.57. The molecule has 0 saturated heterocycles. The number of hydrogen-bond acceptors (Lipinski definition) is 3. The van der Waals surface area contributed by atoms with Crippen molar-refractivity contribution in [1.29, 1.82) is 0 Å². The minimum atomic E-state index is 0.335. The Morgan fingerprint density at radius 2 is 0.750 bits per heavy atom. The Morgan fingerprint density at radius 1 is 0.367 bits per heavy atom. The fourth-order valence-electron chi connectivity index (χ4n) is 12.1. The average Bonchev–Trinajstić information content (AvgIpc) is 3.81. The molecule has 4 fully saturated rings. The highest BCUT2D eigenvalue weighted by molar-refractivity contribution is 6.11. The first-order valence-electron chi connectivity index (χ1n) is 21.7. The number of aromatic nitrogens is 5. The molecule has 288 valence electrons. The molecule has 5 heteroatoms. The van der Waals surface area contributed by atoms with Gasteiger partial charge in [0, 0.05) is 49.6 Å². The first kappa shape index (κ1) is 34.1. The van der Waals surface area contributed by atoms with Crippen LogP contribution in [0, 0.1) is 17.8 Å². The molecule has 7 aromatic carbocycles. The van der Waals surface area contributed by atoms with Crippen molar-refractivity contribution < 1.29 is 0 Å². The minimum Gasteiger partial charge on any atom is -0.309 e. The Kier molecular flexibility index (Phi) is 7.42. The van der Waals surface area contributed by atoms with Crippen molar-refractivity contribution in [3.63, 3.8) is 0 Å². The molecule has 0 amide bonds. The molecule has 0 aliphatic heterocycles. The fourth-order valence-corrected chi connectivity index (χ4v) is 12.1. The summed E-state index contributed by atoms with van der Waals surface area (Å²) < 4.78 is 4.72. The molecule has 3 aromatic heterocycles. The molecule has 0 spiro atoms. The lowest BCUT2D eigenvalue weighted by Crippen LogP contribution is -2.48. The van der Waals surface area contributed by atoms with Crippen LogP contribution in [0.15, 0.2) is 170 Å². The fraction of sp³-hybridized carbons (Fsp3) is 0.182. The Balaban J connectivity index is 0.997. The van der Waals surface area contributed by atoms with Crippen molar-refractivity contribution in [3.8, 4) is 45.5 Å². The number of hydrogen-bond donors (Lipinski definition) is 0. The normalized spacial score (nSPS) is 20.8. The molecule has 10 aromatic rings. The zero-order valence-corrected chi connectivity index (χ0v) is 33.4. The van der Waals surface area contributed by atoms with Crippen LogP contribution in [0.5, 0.6) is 0 Å². The van der Waals surface area contributed by atoms with Crippen LogP contribution < -0.4 is 0 Å². The summed E-state index contributed by atoms with van der Waals surface area (Å²) in [5, 5.41) is 4.85. The van der Waals surface area contributed by atoms with Gasteiger partial charge >= 0.3 is 0 Å². The van der Waals surface area contributed by atoms with Crippen molar-refractivity contribution >= 4 is 43.6 Å². The zero-order valence-electron chi connectivity index (χ0n) is 33.4. The van der Waals surface area contributed by atoms with Crippen molar-refractivity contribution in [1.82, 2.24) is 24.1 Å². The summed E-state index contributed by atoms with van der Waals surface area (Å²) in [6, 6.07) is 61.3. The van der Waals surface area contributed by atoms with Gasteiger partial charge in [-0.15, -0.1) is 0 Å². The molecule has 0 unspecified atom stereocenters. The van der Waals surface area contributed by atoms with Crippen molar-refractivity contribution in [2.75, 3.05) is 0 Å². The maximum absolute atomic E-state index is 5.33. The minimum absolute atomic E-state index is 0.335. The van der Waals surface area contributed by atoms with Crippen LogP contribution in [-0.2, 0) is 5.41 Å². The van der Waals surface area contributed by atoms with Crippen LogP contribution in [0.4, 0.5) is 0 Å². The molecule has 0 atom stereocenters. The first-order valence-corrected chi connectivity index (χ1v) is 21.7. The highest BCUT2D eigenvalue weighted by atomic mass is 15.0. The van der Waals surface area contributed by atoms with E-state index in [1.54, 1.807) is 0 Å². The highest BCUT2D eigenvalue weighted by Crippen LogP contribution is 2.60. The molecular formula is C55H43N5.